The number of carbonyl (C=O) groups is 1. The van der Waals surface area contributed by atoms with Gasteiger partial charge in [-0.05, 0) is 36.4 Å². The highest BCUT2D eigenvalue weighted by atomic mass is 16.5. The van der Waals surface area contributed by atoms with Crippen LogP contribution in [0.2, 0.25) is 0 Å². The van der Waals surface area contributed by atoms with Crippen molar-refractivity contribution in [3.63, 3.8) is 0 Å². The number of hydrogen-bond acceptors (Lipinski definition) is 3. The lowest BCUT2D eigenvalue weighted by Gasteiger charge is -2.14. The average Bonchev–Trinajstić information content (AvgIpc) is 2.41. The molecule has 0 aliphatic carbocycles. The van der Waals surface area contributed by atoms with Gasteiger partial charge in [0.2, 0.25) is 5.91 Å². The highest BCUT2D eigenvalue weighted by Crippen LogP contribution is 2.26. The van der Waals surface area contributed by atoms with Gasteiger partial charge in [-0.25, -0.2) is 0 Å². The SMILES string of the molecule is CC(=O)Nc1ccc(Oc2cccc(N(C)C)c2)cc1. The fourth-order valence-corrected chi connectivity index (χ4v) is 1.77. The monoisotopic (exact) mass is 270 g/mol. The van der Waals surface area contributed by atoms with Crippen molar-refractivity contribution in [2.24, 2.45) is 0 Å². The van der Waals surface area contributed by atoms with Crippen LogP contribution in [0, 0.1) is 0 Å². The van der Waals surface area contributed by atoms with Gasteiger partial charge >= 0.3 is 0 Å². The Labute approximate surface area is 119 Å². The van der Waals surface area contributed by atoms with Crippen LogP contribution < -0.4 is 15.0 Å². The van der Waals surface area contributed by atoms with E-state index in [1.165, 1.54) is 6.92 Å². The van der Waals surface area contributed by atoms with Crippen LogP contribution in [-0.4, -0.2) is 20.0 Å². The van der Waals surface area contributed by atoms with E-state index in [2.05, 4.69) is 5.32 Å². The maximum Gasteiger partial charge on any atom is 0.221 e. The summed E-state index contributed by atoms with van der Waals surface area (Å²) in [5.74, 6) is 1.43. The fourth-order valence-electron chi connectivity index (χ4n) is 1.77. The largest absolute Gasteiger partial charge is 0.457 e. The summed E-state index contributed by atoms with van der Waals surface area (Å²) in [6.07, 6.45) is 0. The van der Waals surface area contributed by atoms with Gasteiger partial charge in [-0.3, -0.25) is 4.79 Å². The maximum absolute atomic E-state index is 10.9. The Morgan fingerprint density at radius 1 is 1.05 bits per heavy atom. The van der Waals surface area contributed by atoms with E-state index >= 15 is 0 Å². The van der Waals surface area contributed by atoms with E-state index in [0.717, 1.165) is 22.9 Å². The zero-order valence-electron chi connectivity index (χ0n) is 11.9. The number of anilines is 2. The van der Waals surface area contributed by atoms with Gasteiger partial charge in [-0.2, -0.15) is 0 Å². The molecule has 0 radical (unpaired) electrons. The van der Waals surface area contributed by atoms with Gasteiger partial charge in [0.25, 0.3) is 0 Å². The molecule has 0 atom stereocenters. The molecule has 2 aromatic carbocycles. The molecule has 4 heteroatoms. The number of nitrogens with one attached hydrogen (secondary N) is 1. The first-order chi connectivity index (χ1) is 9.54. The molecular weight excluding hydrogens is 252 g/mol. The molecule has 0 aliphatic rings. The Morgan fingerprint density at radius 3 is 2.35 bits per heavy atom. The third-order valence-electron chi connectivity index (χ3n) is 2.74. The summed E-state index contributed by atoms with van der Waals surface area (Å²) in [4.78, 5) is 13.0. The number of ether oxygens (including phenoxy) is 1. The van der Waals surface area contributed by atoms with Crippen molar-refractivity contribution in [1.29, 1.82) is 0 Å². The van der Waals surface area contributed by atoms with E-state index in [-0.39, 0.29) is 5.91 Å². The maximum atomic E-state index is 10.9. The molecule has 20 heavy (non-hydrogen) atoms. The standard InChI is InChI=1S/C16H18N2O2/c1-12(19)17-13-7-9-15(10-8-13)20-16-6-4-5-14(11-16)18(2)3/h4-11H,1-3H3,(H,17,19). The minimum atomic E-state index is -0.0858. The van der Waals surface area contributed by atoms with Gasteiger partial charge < -0.3 is 15.0 Å². The Balaban J connectivity index is 2.10. The third kappa shape index (κ3) is 3.75. The van der Waals surface area contributed by atoms with Crippen molar-refractivity contribution in [1.82, 2.24) is 0 Å². The highest BCUT2D eigenvalue weighted by Gasteiger charge is 2.01. The smallest absolute Gasteiger partial charge is 0.221 e. The van der Waals surface area contributed by atoms with Crippen molar-refractivity contribution in [2.75, 3.05) is 24.3 Å². The fraction of sp³-hybridized carbons (Fsp3) is 0.188. The minimum Gasteiger partial charge on any atom is -0.457 e. The van der Waals surface area contributed by atoms with E-state index in [1.54, 1.807) is 0 Å². The van der Waals surface area contributed by atoms with Crippen LogP contribution in [0.15, 0.2) is 48.5 Å². The number of nitrogens with zero attached hydrogens (tertiary/aromatic N) is 1. The molecule has 2 rings (SSSR count). The molecular formula is C16H18N2O2. The number of carbonyl (C=O) groups excluding carboxylic acids is 1. The second kappa shape index (κ2) is 6.10. The second-order valence-electron chi connectivity index (χ2n) is 4.70. The zero-order chi connectivity index (χ0) is 14.5. The number of amides is 1. The third-order valence-corrected chi connectivity index (χ3v) is 2.74. The topological polar surface area (TPSA) is 41.6 Å². The van der Waals surface area contributed by atoms with Crippen molar-refractivity contribution in [2.45, 2.75) is 6.92 Å². The Kier molecular flexibility index (Phi) is 4.25. The Bertz CT molecular complexity index is 592. The minimum absolute atomic E-state index is 0.0858. The molecule has 0 aromatic heterocycles. The van der Waals surface area contributed by atoms with Gasteiger partial charge in [-0.15, -0.1) is 0 Å². The van der Waals surface area contributed by atoms with Gasteiger partial charge in [0.15, 0.2) is 0 Å². The quantitative estimate of drug-likeness (QED) is 0.924. The van der Waals surface area contributed by atoms with Crippen LogP contribution >= 0.6 is 0 Å². The first-order valence-electron chi connectivity index (χ1n) is 6.37. The molecule has 4 nitrogen and oxygen atoms in total. The summed E-state index contributed by atoms with van der Waals surface area (Å²) in [6.45, 7) is 1.48. The van der Waals surface area contributed by atoms with E-state index in [1.807, 2.05) is 67.5 Å². The molecule has 0 saturated carbocycles. The number of hydrogen-bond donors (Lipinski definition) is 1. The van der Waals surface area contributed by atoms with E-state index in [9.17, 15) is 4.79 Å². The average molecular weight is 270 g/mol. The number of benzene rings is 2. The molecule has 0 fully saturated rings. The zero-order valence-corrected chi connectivity index (χ0v) is 11.9. The summed E-state index contributed by atoms with van der Waals surface area (Å²) in [7, 11) is 3.97. The molecule has 1 N–H and O–H groups in total. The van der Waals surface area contributed by atoms with Gasteiger partial charge in [0.05, 0.1) is 0 Å². The van der Waals surface area contributed by atoms with Crippen LogP contribution in [0.5, 0.6) is 11.5 Å². The molecule has 0 bridgehead atoms. The van der Waals surface area contributed by atoms with Crippen molar-refractivity contribution < 1.29 is 9.53 Å². The molecule has 0 saturated heterocycles. The Hall–Kier alpha value is -2.49. The first kappa shape index (κ1) is 13.9. The van der Waals surface area contributed by atoms with Crippen molar-refractivity contribution in [3.8, 4) is 11.5 Å². The van der Waals surface area contributed by atoms with Crippen LogP contribution in [0.3, 0.4) is 0 Å². The van der Waals surface area contributed by atoms with Gasteiger partial charge in [0.1, 0.15) is 11.5 Å². The van der Waals surface area contributed by atoms with Gasteiger partial charge in [-0.1, -0.05) is 6.07 Å². The van der Waals surface area contributed by atoms with E-state index < -0.39 is 0 Å². The van der Waals surface area contributed by atoms with Crippen LogP contribution in [0.1, 0.15) is 6.92 Å². The van der Waals surface area contributed by atoms with Crippen LogP contribution in [0.25, 0.3) is 0 Å². The molecule has 0 spiro atoms. The summed E-state index contributed by atoms with van der Waals surface area (Å²) in [5.41, 5.74) is 1.84. The second-order valence-corrected chi connectivity index (χ2v) is 4.70. The number of rotatable bonds is 4. The summed E-state index contributed by atoms with van der Waals surface area (Å²) in [5, 5.41) is 2.72. The van der Waals surface area contributed by atoms with Gasteiger partial charge in [0, 0.05) is 38.5 Å². The molecule has 0 heterocycles. The Morgan fingerprint density at radius 2 is 1.75 bits per heavy atom. The summed E-state index contributed by atoms with van der Waals surface area (Å²) in [6, 6.07) is 15.1. The molecule has 0 unspecified atom stereocenters. The first-order valence-corrected chi connectivity index (χ1v) is 6.37. The predicted octanol–water partition coefficient (Wildman–Crippen LogP) is 3.50. The van der Waals surface area contributed by atoms with Crippen molar-refractivity contribution in [3.05, 3.63) is 48.5 Å². The molecule has 1 amide bonds. The lowest BCUT2D eigenvalue weighted by atomic mass is 10.2. The lowest BCUT2D eigenvalue weighted by molar-refractivity contribution is -0.114. The summed E-state index contributed by atoms with van der Waals surface area (Å²) < 4.78 is 5.79. The predicted molar refractivity (Wildman–Crippen MR) is 81.6 cm³/mol. The van der Waals surface area contributed by atoms with E-state index in [0.29, 0.717) is 0 Å². The van der Waals surface area contributed by atoms with Crippen LogP contribution in [-0.2, 0) is 4.79 Å². The summed E-state index contributed by atoms with van der Waals surface area (Å²) >= 11 is 0. The molecule has 104 valence electrons. The normalized spacial score (nSPS) is 9.95. The van der Waals surface area contributed by atoms with Crippen LogP contribution in [0.4, 0.5) is 11.4 Å². The molecule has 0 aliphatic heterocycles. The molecule has 2 aromatic rings. The van der Waals surface area contributed by atoms with Crippen molar-refractivity contribution >= 4 is 17.3 Å². The lowest BCUT2D eigenvalue weighted by Crippen LogP contribution is -2.08. The highest BCUT2D eigenvalue weighted by molar-refractivity contribution is 5.88. The van der Waals surface area contributed by atoms with E-state index in [4.69, 9.17) is 4.74 Å².